The Morgan fingerprint density at radius 1 is 1.46 bits per heavy atom. The summed E-state index contributed by atoms with van der Waals surface area (Å²) in [7, 11) is 0. The van der Waals surface area contributed by atoms with E-state index in [2.05, 4.69) is 51.0 Å². The van der Waals surface area contributed by atoms with Crippen LogP contribution in [-0.4, -0.2) is 6.54 Å². The number of hydrogen-bond donors (Lipinski definition) is 1. The van der Waals surface area contributed by atoms with Gasteiger partial charge in [0.25, 0.3) is 0 Å². The zero-order chi connectivity index (χ0) is 9.84. The molecule has 1 aromatic rings. The van der Waals surface area contributed by atoms with Crippen LogP contribution in [0.3, 0.4) is 0 Å². The molecular weight excluding hydrogens is 298 g/mol. The summed E-state index contributed by atoms with van der Waals surface area (Å²) < 4.78 is 7.13. The van der Waals surface area contributed by atoms with Crippen LogP contribution in [0.2, 0.25) is 0 Å². The summed E-state index contributed by atoms with van der Waals surface area (Å²) in [5, 5.41) is 3.31. The van der Waals surface area contributed by atoms with E-state index in [9.17, 15) is 0 Å². The molecule has 13 heavy (non-hydrogen) atoms. The van der Waals surface area contributed by atoms with Gasteiger partial charge >= 0.3 is 0 Å². The van der Waals surface area contributed by atoms with Gasteiger partial charge in [0.2, 0.25) is 0 Å². The lowest BCUT2D eigenvalue weighted by Crippen LogP contribution is -2.18. The highest BCUT2D eigenvalue weighted by Gasteiger charge is 2.05. The average Bonchev–Trinajstić information content (AvgIpc) is 2.30. The summed E-state index contributed by atoms with van der Waals surface area (Å²) in [5.74, 6) is 1.61. The van der Waals surface area contributed by atoms with Gasteiger partial charge in [-0.3, -0.25) is 0 Å². The Kier molecular flexibility index (Phi) is 4.49. The minimum absolute atomic E-state index is 0.668. The molecule has 74 valence electrons. The Bertz CT molecular complexity index is 251. The highest BCUT2D eigenvalue weighted by molar-refractivity contribution is 9.13. The second kappa shape index (κ2) is 5.17. The fourth-order valence-electron chi connectivity index (χ4n) is 0.963. The van der Waals surface area contributed by atoms with Crippen LogP contribution in [-0.2, 0) is 6.54 Å². The SMILES string of the molecule is CC(C)CNCc1cc(Br)c(Br)o1. The van der Waals surface area contributed by atoms with Crippen molar-refractivity contribution in [2.24, 2.45) is 5.92 Å². The second-order valence-electron chi connectivity index (χ2n) is 3.36. The van der Waals surface area contributed by atoms with Gasteiger partial charge in [-0.25, -0.2) is 0 Å². The Morgan fingerprint density at radius 2 is 2.15 bits per heavy atom. The van der Waals surface area contributed by atoms with Crippen LogP contribution in [0.4, 0.5) is 0 Å². The van der Waals surface area contributed by atoms with E-state index in [4.69, 9.17) is 4.42 Å². The van der Waals surface area contributed by atoms with E-state index >= 15 is 0 Å². The molecule has 4 heteroatoms. The van der Waals surface area contributed by atoms with E-state index in [1.54, 1.807) is 0 Å². The smallest absolute Gasteiger partial charge is 0.183 e. The molecule has 0 fully saturated rings. The van der Waals surface area contributed by atoms with Crippen molar-refractivity contribution >= 4 is 31.9 Å². The maximum atomic E-state index is 5.40. The predicted octanol–water partition coefficient (Wildman–Crippen LogP) is 3.55. The molecule has 0 aliphatic heterocycles. The summed E-state index contributed by atoms with van der Waals surface area (Å²) in [6.07, 6.45) is 0. The molecule has 0 saturated heterocycles. The number of hydrogen-bond acceptors (Lipinski definition) is 2. The van der Waals surface area contributed by atoms with Crippen molar-refractivity contribution in [2.75, 3.05) is 6.54 Å². The third-order valence-electron chi connectivity index (χ3n) is 1.55. The van der Waals surface area contributed by atoms with Crippen LogP contribution in [0.5, 0.6) is 0 Å². The van der Waals surface area contributed by atoms with Gasteiger partial charge in [-0.15, -0.1) is 0 Å². The molecule has 1 rings (SSSR count). The van der Waals surface area contributed by atoms with Crippen LogP contribution in [0, 0.1) is 5.92 Å². The van der Waals surface area contributed by atoms with E-state index in [0.717, 1.165) is 28.0 Å². The molecular formula is C9H13Br2NO. The molecule has 0 unspecified atom stereocenters. The third-order valence-corrected chi connectivity index (χ3v) is 3.26. The maximum absolute atomic E-state index is 5.40. The van der Waals surface area contributed by atoms with Gasteiger partial charge in [-0.05, 0) is 50.4 Å². The van der Waals surface area contributed by atoms with Gasteiger partial charge in [0.15, 0.2) is 4.67 Å². The number of halogens is 2. The van der Waals surface area contributed by atoms with Gasteiger partial charge in [-0.2, -0.15) is 0 Å². The molecule has 0 spiro atoms. The second-order valence-corrected chi connectivity index (χ2v) is 4.93. The van der Waals surface area contributed by atoms with Crippen LogP contribution < -0.4 is 5.32 Å². The summed E-state index contributed by atoms with van der Waals surface area (Å²) >= 11 is 6.66. The zero-order valence-corrected chi connectivity index (χ0v) is 10.9. The van der Waals surface area contributed by atoms with Crippen molar-refractivity contribution in [3.63, 3.8) is 0 Å². The number of rotatable bonds is 4. The van der Waals surface area contributed by atoms with Crippen molar-refractivity contribution in [3.05, 3.63) is 21.0 Å². The predicted molar refractivity (Wildman–Crippen MR) is 60.7 cm³/mol. The number of furan rings is 1. The average molecular weight is 311 g/mol. The van der Waals surface area contributed by atoms with Crippen LogP contribution in [0.1, 0.15) is 19.6 Å². The topological polar surface area (TPSA) is 25.2 Å². The lowest BCUT2D eigenvalue weighted by atomic mass is 10.2. The highest BCUT2D eigenvalue weighted by Crippen LogP contribution is 2.26. The minimum atomic E-state index is 0.668. The third kappa shape index (κ3) is 3.83. The van der Waals surface area contributed by atoms with Crippen molar-refractivity contribution < 1.29 is 4.42 Å². The summed E-state index contributed by atoms with van der Waals surface area (Å²) in [4.78, 5) is 0. The van der Waals surface area contributed by atoms with E-state index < -0.39 is 0 Å². The zero-order valence-electron chi connectivity index (χ0n) is 7.73. The summed E-state index contributed by atoms with van der Waals surface area (Å²) in [6.45, 7) is 6.15. The van der Waals surface area contributed by atoms with Gasteiger partial charge in [0.1, 0.15) is 5.76 Å². The first-order valence-corrected chi connectivity index (χ1v) is 5.82. The molecule has 1 aromatic heterocycles. The molecule has 1 heterocycles. The van der Waals surface area contributed by atoms with Crippen molar-refractivity contribution in [2.45, 2.75) is 20.4 Å². The molecule has 0 saturated carbocycles. The Balaban J connectivity index is 2.37. The molecule has 0 atom stereocenters. The normalized spacial score (nSPS) is 11.2. The first kappa shape index (κ1) is 11.3. The minimum Gasteiger partial charge on any atom is -0.452 e. The molecule has 1 N–H and O–H groups in total. The summed E-state index contributed by atoms with van der Waals surface area (Å²) in [6, 6.07) is 1.97. The molecule has 0 aromatic carbocycles. The van der Waals surface area contributed by atoms with E-state index in [-0.39, 0.29) is 0 Å². The molecule has 2 nitrogen and oxygen atoms in total. The van der Waals surface area contributed by atoms with Gasteiger partial charge in [0.05, 0.1) is 11.0 Å². The Hall–Kier alpha value is 0.200. The van der Waals surface area contributed by atoms with Crippen LogP contribution in [0.25, 0.3) is 0 Å². The highest BCUT2D eigenvalue weighted by atomic mass is 79.9. The maximum Gasteiger partial charge on any atom is 0.183 e. The van der Waals surface area contributed by atoms with Crippen molar-refractivity contribution in [3.8, 4) is 0 Å². The molecule has 0 radical (unpaired) electrons. The Morgan fingerprint density at radius 3 is 2.62 bits per heavy atom. The molecule has 0 aliphatic rings. The quantitative estimate of drug-likeness (QED) is 0.920. The fraction of sp³-hybridized carbons (Fsp3) is 0.556. The molecule has 0 bridgehead atoms. The van der Waals surface area contributed by atoms with Gasteiger partial charge in [-0.1, -0.05) is 13.8 Å². The Labute approximate surface area is 95.3 Å². The van der Waals surface area contributed by atoms with E-state index in [1.807, 2.05) is 6.07 Å². The van der Waals surface area contributed by atoms with Crippen LogP contribution >= 0.6 is 31.9 Å². The monoisotopic (exact) mass is 309 g/mol. The van der Waals surface area contributed by atoms with Crippen LogP contribution in [0.15, 0.2) is 19.6 Å². The lowest BCUT2D eigenvalue weighted by molar-refractivity contribution is 0.450. The summed E-state index contributed by atoms with van der Waals surface area (Å²) in [5.41, 5.74) is 0. The first-order valence-electron chi connectivity index (χ1n) is 4.24. The first-order chi connectivity index (χ1) is 6.09. The standard InChI is InChI=1S/C9H13Br2NO/c1-6(2)4-12-5-7-3-8(10)9(11)13-7/h3,6,12H,4-5H2,1-2H3. The van der Waals surface area contributed by atoms with Crippen molar-refractivity contribution in [1.82, 2.24) is 5.32 Å². The van der Waals surface area contributed by atoms with Gasteiger partial charge in [0, 0.05) is 0 Å². The van der Waals surface area contributed by atoms with E-state index in [0.29, 0.717) is 5.92 Å². The van der Waals surface area contributed by atoms with Gasteiger partial charge < -0.3 is 9.73 Å². The molecule has 0 amide bonds. The fourth-order valence-corrected chi connectivity index (χ4v) is 1.62. The van der Waals surface area contributed by atoms with Crippen molar-refractivity contribution in [1.29, 1.82) is 0 Å². The van der Waals surface area contributed by atoms with E-state index in [1.165, 1.54) is 0 Å². The number of nitrogens with one attached hydrogen (secondary N) is 1. The largest absolute Gasteiger partial charge is 0.452 e. The molecule has 0 aliphatic carbocycles. The lowest BCUT2D eigenvalue weighted by Gasteiger charge is -2.04.